The van der Waals surface area contributed by atoms with Gasteiger partial charge in [-0.15, -0.1) is 23.2 Å². The van der Waals surface area contributed by atoms with Crippen LogP contribution in [0.3, 0.4) is 0 Å². The average molecular weight is 1310 g/mol. The number of carbonyl (C=O) groups excluding carboxylic acids is 3. The molecule has 4 aromatic heterocycles. The van der Waals surface area contributed by atoms with E-state index in [1.54, 1.807) is 69.9 Å². The lowest BCUT2D eigenvalue weighted by Gasteiger charge is -2.45. The van der Waals surface area contributed by atoms with Crippen LogP contribution in [0.1, 0.15) is 90.5 Å². The summed E-state index contributed by atoms with van der Waals surface area (Å²) >= 11 is 59.5. The third-order valence-corrected chi connectivity index (χ3v) is 15.7. The highest BCUT2D eigenvalue weighted by Crippen LogP contribution is 2.40. The predicted octanol–water partition coefficient (Wildman–Crippen LogP) is 11.6. The molecular weight excluding hydrogens is 1250 g/mol. The highest BCUT2D eigenvalue weighted by molar-refractivity contribution is 6.42. The zero-order chi connectivity index (χ0) is 58.9. The number of furan rings is 2. The molecule has 2 aromatic carbocycles. The molecule has 7 N–H and O–H groups in total. The Bertz CT molecular complexity index is 3050. The van der Waals surface area contributed by atoms with Gasteiger partial charge >= 0.3 is 6.09 Å². The quantitative estimate of drug-likeness (QED) is 0.0503. The number of ether oxygens (including phenoxy) is 1. The van der Waals surface area contributed by atoms with Crippen LogP contribution in [0.2, 0.25) is 40.6 Å². The van der Waals surface area contributed by atoms with Crippen LogP contribution in [-0.4, -0.2) is 136 Å². The fraction of sp³-hybridized carbons (Fsp3) is 0.442. The minimum absolute atomic E-state index is 0.0292. The molecule has 0 saturated carbocycles. The van der Waals surface area contributed by atoms with Crippen LogP contribution in [0.5, 0.6) is 0 Å². The zero-order valence-electron chi connectivity index (χ0n) is 43.5. The first-order valence-electron chi connectivity index (χ1n) is 24.7. The van der Waals surface area contributed by atoms with E-state index in [9.17, 15) is 34.8 Å². The van der Waals surface area contributed by atoms with Gasteiger partial charge in [-0.05, 0) is 105 Å². The van der Waals surface area contributed by atoms with Gasteiger partial charge in [0.15, 0.2) is 11.5 Å². The molecule has 436 valence electrons. The van der Waals surface area contributed by atoms with Crippen LogP contribution in [0, 0.1) is 0 Å². The summed E-state index contributed by atoms with van der Waals surface area (Å²) in [6, 6.07) is 12.0. The van der Waals surface area contributed by atoms with Crippen molar-refractivity contribution < 1.29 is 48.4 Å². The van der Waals surface area contributed by atoms with E-state index < -0.39 is 54.4 Å². The topological polar surface area (TPSA) is 243 Å². The van der Waals surface area contributed by atoms with Gasteiger partial charge in [-0.25, -0.2) is 4.79 Å². The Morgan fingerprint density at radius 3 is 1.56 bits per heavy atom. The number of likely N-dealkylation sites (tertiary alicyclic amines) is 1. The zero-order valence-corrected chi connectivity index (χ0v) is 51.1. The fourth-order valence-electron chi connectivity index (χ4n) is 9.51. The van der Waals surface area contributed by atoms with E-state index in [2.05, 4.69) is 26.1 Å². The molecule has 2 fully saturated rings. The predicted molar refractivity (Wildman–Crippen MR) is 313 cm³/mol. The van der Waals surface area contributed by atoms with Crippen molar-refractivity contribution in [3.05, 3.63) is 124 Å². The van der Waals surface area contributed by atoms with Crippen molar-refractivity contribution in [2.45, 2.75) is 100 Å². The van der Waals surface area contributed by atoms with Gasteiger partial charge < -0.3 is 54.8 Å². The number of aliphatic hydroxyl groups excluding tert-OH is 4. The van der Waals surface area contributed by atoms with E-state index in [-0.39, 0.29) is 70.8 Å². The van der Waals surface area contributed by atoms with Gasteiger partial charge in [0.05, 0.1) is 102 Å². The number of aromatic nitrogens is 4. The Morgan fingerprint density at radius 1 is 0.688 bits per heavy atom. The van der Waals surface area contributed by atoms with E-state index in [1.165, 1.54) is 34.1 Å². The van der Waals surface area contributed by atoms with Crippen molar-refractivity contribution in [2.75, 3.05) is 31.6 Å². The summed E-state index contributed by atoms with van der Waals surface area (Å²) in [5, 5.41) is 59.0. The largest absolute Gasteiger partial charge is 0.444 e. The molecule has 4 unspecified atom stereocenters. The van der Waals surface area contributed by atoms with Crippen molar-refractivity contribution in [1.29, 1.82) is 0 Å². The van der Waals surface area contributed by atoms with E-state index in [0.29, 0.717) is 78.5 Å². The summed E-state index contributed by atoms with van der Waals surface area (Å²) in [5.74, 6) is -1.55. The molecule has 0 bridgehead atoms. The van der Waals surface area contributed by atoms with Gasteiger partial charge in [-0.2, -0.15) is 10.2 Å². The molecule has 0 spiro atoms. The minimum Gasteiger partial charge on any atom is -0.444 e. The van der Waals surface area contributed by atoms with E-state index in [4.69, 9.17) is 130 Å². The fourth-order valence-corrected chi connectivity index (χ4v) is 11.1. The average Bonchev–Trinajstić information content (AvgIpc) is 4.26. The Morgan fingerprint density at radius 2 is 1.14 bits per heavy atom. The first-order valence-corrected chi connectivity index (χ1v) is 28.8. The van der Waals surface area contributed by atoms with E-state index in [1.807, 2.05) is 6.07 Å². The van der Waals surface area contributed by atoms with Gasteiger partial charge in [0.25, 0.3) is 11.8 Å². The minimum atomic E-state index is -1.07. The standard InChI is InChI=1S/C28H32Cl4N4O6.C23H24Cl4N4O4.CH2Cl2/c1-28(2,3)42-27(40)36-12-22(17(9-15(36)8-16(38)13-37)14-5-6-19(29)20(30)7-14)34-26(39)23-10-18(25(32)41-23)24-21(31)11-33-35(24)4;1-31-21(18(26)8-29-31)15-7-20(35-22(15)27)23(34)30-19-9-28-12(5-13(33)10-32)6-14(19)11-2-3-16(24)17(25)4-11;2-1-3/h5-7,10-11,15-17,22,37-38H,8-9,12-13H2,1-4H3,(H,34,39);2-4,7-8,12-14,19,28,32-33H,5-6,9-10H2,1H3,(H,30,34);1H2/t15?,16?,17-,22+;12?,13?,14-,19+;/m00./s1. The van der Waals surface area contributed by atoms with Crippen LogP contribution in [0.15, 0.2) is 69.8 Å². The number of aryl methyl sites for hydroxylation is 2. The molecule has 18 nitrogen and oxygen atoms in total. The molecule has 0 radical (unpaired) electrons. The molecule has 80 heavy (non-hydrogen) atoms. The molecule has 6 aromatic rings. The molecule has 3 amide bonds. The first-order chi connectivity index (χ1) is 37.8. The molecular formula is C52H58Cl10N8O10. The summed E-state index contributed by atoms with van der Waals surface area (Å²) in [5.41, 5.74) is 2.75. The van der Waals surface area contributed by atoms with Crippen LogP contribution >= 0.6 is 116 Å². The summed E-state index contributed by atoms with van der Waals surface area (Å²) < 4.78 is 19.9. The van der Waals surface area contributed by atoms with Crippen molar-refractivity contribution in [3.8, 4) is 22.5 Å². The molecule has 6 heterocycles. The maximum atomic E-state index is 13.6. The number of hydrogen-bond donors (Lipinski definition) is 7. The molecule has 0 aliphatic carbocycles. The van der Waals surface area contributed by atoms with Crippen LogP contribution in [0.4, 0.5) is 4.79 Å². The molecule has 2 aliphatic rings. The van der Waals surface area contributed by atoms with Crippen molar-refractivity contribution in [2.24, 2.45) is 14.1 Å². The third kappa shape index (κ3) is 16.8. The lowest BCUT2D eigenvalue weighted by molar-refractivity contribution is -0.00955. The number of nitrogens with one attached hydrogen (secondary N) is 3. The number of nitrogens with zero attached hydrogens (tertiary/aromatic N) is 5. The van der Waals surface area contributed by atoms with Gasteiger partial charge in [-0.1, -0.05) is 81.7 Å². The van der Waals surface area contributed by atoms with Crippen molar-refractivity contribution in [3.63, 3.8) is 0 Å². The van der Waals surface area contributed by atoms with Gasteiger partial charge in [0.1, 0.15) is 5.60 Å². The number of hydrogen-bond acceptors (Lipinski definition) is 13. The lowest BCUT2D eigenvalue weighted by Crippen LogP contribution is -2.58. The number of aliphatic hydroxyl groups is 4. The molecule has 8 rings (SSSR count). The second-order valence-corrected chi connectivity index (χ2v) is 23.8. The monoisotopic (exact) mass is 1300 g/mol. The number of amides is 3. The maximum Gasteiger partial charge on any atom is 0.410 e. The smallest absolute Gasteiger partial charge is 0.410 e. The molecule has 28 heteroatoms. The second kappa shape index (κ2) is 29.2. The number of piperidine rings is 2. The summed E-state index contributed by atoms with van der Waals surface area (Å²) in [7, 11) is 3.40. The Labute approximate surface area is 511 Å². The summed E-state index contributed by atoms with van der Waals surface area (Å²) in [6.07, 6.45) is 1.80. The molecule has 2 aliphatic heterocycles. The Kier molecular flexibility index (Phi) is 23.9. The maximum absolute atomic E-state index is 13.6. The molecule has 8 atom stereocenters. The van der Waals surface area contributed by atoms with Gasteiger partial charge in [-0.3, -0.25) is 19.0 Å². The van der Waals surface area contributed by atoms with Gasteiger partial charge in [0, 0.05) is 69.3 Å². The number of rotatable bonds is 14. The van der Waals surface area contributed by atoms with Gasteiger partial charge in [0.2, 0.25) is 10.4 Å². The normalized spacial score (nSPS) is 20.0. The Hall–Kier alpha value is -3.67. The second-order valence-electron chi connectivity index (χ2n) is 19.9. The highest BCUT2D eigenvalue weighted by atomic mass is 35.5. The van der Waals surface area contributed by atoms with E-state index >= 15 is 0 Å². The summed E-state index contributed by atoms with van der Waals surface area (Å²) in [4.78, 5) is 41.5. The van der Waals surface area contributed by atoms with Crippen LogP contribution in [-0.2, 0) is 18.8 Å². The van der Waals surface area contributed by atoms with Crippen LogP contribution in [0.25, 0.3) is 22.5 Å². The third-order valence-electron chi connectivity index (χ3n) is 13.1. The number of halogens is 10. The lowest BCUT2D eigenvalue weighted by atomic mass is 9.80. The highest BCUT2D eigenvalue weighted by Gasteiger charge is 2.42. The number of carbonyl (C=O) groups is 3. The number of alkyl halides is 2. The molecule has 2 saturated heterocycles. The van der Waals surface area contributed by atoms with Crippen LogP contribution < -0.4 is 16.0 Å². The van der Waals surface area contributed by atoms with Crippen molar-refractivity contribution in [1.82, 2.24) is 40.4 Å². The first kappa shape index (κ1) is 65.5. The van der Waals surface area contributed by atoms with Crippen molar-refractivity contribution >= 4 is 134 Å². The Balaban J connectivity index is 0.000000249. The van der Waals surface area contributed by atoms with E-state index in [0.717, 1.165) is 11.1 Å². The SMILES string of the molecule is ClCCl.Cn1ncc(Cl)c1-c1cc(C(=O)N[C@@H]2CN(C(=O)OC(C)(C)C)C(CC(O)CO)C[C@H]2c2ccc(Cl)c(Cl)c2)oc1Cl.Cn1ncc(Cl)c1-c1cc(C(=O)N[C@@H]2CNC(CC(O)CO)C[C@H]2c2ccc(Cl)c(Cl)c2)oc1Cl. The summed E-state index contributed by atoms with van der Waals surface area (Å²) in [6.45, 7) is 4.90. The number of benzene rings is 2.